The van der Waals surface area contributed by atoms with Crippen LogP contribution in [0.1, 0.15) is 55.3 Å². The van der Waals surface area contributed by atoms with Gasteiger partial charge in [-0.1, -0.05) is 26.8 Å². The van der Waals surface area contributed by atoms with Crippen molar-refractivity contribution in [3.63, 3.8) is 0 Å². The Hall–Kier alpha value is -2.50. The van der Waals surface area contributed by atoms with Crippen LogP contribution in [0.4, 0.5) is 0 Å². The minimum Gasteiger partial charge on any atom is -0.348 e. The van der Waals surface area contributed by atoms with Crippen LogP contribution < -0.4 is 11.0 Å². The molecule has 0 aliphatic carbocycles. The molecule has 2 aromatic heterocycles. The number of nitrogens with zero attached hydrogens (tertiary/aromatic N) is 2. The summed E-state index contributed by atoms with van der Waals surface area (Å²) in [5.74, 6) is -0.355. The van der Waals surface area contributed by atoms with Crippen LogP contribution in [-0.2, 0) is 11.8 Å². The van der Waals surface area contributed by atoms with Gasteiger partial charge in [-0.2, -0.15) is 4.98 Å². The topological polar surface area (TPSA) is 87.7 Å². The highest BCUT2D eigenvalue weighted by Crippen LogP contribution is 2.18. The Morgan fingerprint density at radius 3 is 2.62 bits per heavy atom. The summed E-state index contributed by atoms with van der Waals surface area (Å²) in [7, 11) is 0. The molecule has 0 unspecified atom stereocenters. The van der Waals surface area contributed by atoms with Gasteiger partial charge in [-0.05, 0) is 32.0 Å². The highest BCUT2D eigenvalue weighted by molar-refractivity contribution is 5.92. The zero-order chi connectivity index (χ0) is 17.9. The number of aromatic amines is 1. The number of aryl methyl sites for hydroxylation is 1. The van der Waals surface area contributed by atoms with Gasteiger partial charge in [0.05, 0.1) is 0 Å². The van der Waals surface area contributed by atoms with Crippen LogP contribution in [0, 0.1) is 6.92 Å². The fraction of sp³-hybridized carbons (Fsp3) is 0.444. The first-order chi connectivity index (χ1) is 11.1. The second-order valence-corrected chi connectivity index (χ2v) is 7.08. The van der Waals surface area contributed by atoms with Gasteiger partial charge >= 0.3 is 5.69 Å². The summed E-state index contributed by atoms with van der Waals surface area (Å²) in [5.41, 5.74) is 1.89. The van der Waals surface area contributed by atoms with Crippen LogP contribution in [0.5, 0.6) is 0 Å². The molecule has 2 aromatic rings. The molecule has 0 aromatic carbocycles. The summed E-state index contributed by atoms with van der Waals surface area (Å²) in [4.78, 5) is 35.0. The zero-order valence-corrected chi connectivity index (χ0v) is 14.8. The summed E-state index contributed by atoms with van der Waals surface area (Å²) in [6.45, 7) is 9.73. The largest absolute Gasteiger partial charge is 0.348 e. The standard InChI is InChI=1S/C18H24N4O2/c1-11-7-6-8-13(19-11)9-12(2)20-16(23)14-10-15(18(3,4)5)22-17(24)21-14/h6-8,10,12H,9H2,1-5H3,(H,20,23)(H,21,22,24)/t12-/m0/s1. The van der Waals surface area contributed by atoms with E-state index in [0.29, 0.717) is 12.1 Å². The lowest BCUT2D eigenvalue weighted by Crippen LogP contribution is -2.36. The van der Waals surface area contributed by atoms with Crippen molar-refractivity contribution in [2.24, 2.45) is 0 Å². The molecule has 2 heterocycles. The molecule has 0 bridgehead atoms. The average molecular weight is 328 g/mol. The van der Waals surface area contributed by atoms with Crippen LogP contribution in [0.2, 0.25) is 0 Å². The van der Waals surface area contributed by atoms with Gasteiger partial charge in [0.15, 0.2) is 0 Å². The van der Waals surface area contributed by atoms with Gasteiger partial charge in [0, 0.05) is 35.0 Å². The lowest BCUT2D eigenvalue weighted by Gasteiger charge is -2.19. The van der Waals surface area contributed by atoms with E-state index >= 15 is 0 Å². The summed E-state index contributed by atoms with van der Waals surface area (Å²) in [5, 5.41) is 2.88. The lowest BCUT2D eigenvalue weighted by atomic mass is 9.91. The van der Waals surface area contributed by atoms with E-state index in [0.717, 1.165) is 11.4 Å². The average Bonchev–Trinajstić information content (AvgIpc) is 2.45. The molecule has 0 aliphatic heterocycles. The molecule has 0 fully saturated rings. The first-order valence-corrected chi connectivity index (χ1v) is 8.00. The smallest absolute Gasteiger partial charge is 0.345 e. The molecule has 0 aliphatic rings. The van der Waals surface area contributed by atoms with Gasteiger partial charge in [-0.3, -0.25) is 9.78 Å². The summed E-state index contributed by atoms with van der Waals surface area (Å²) in [6.07, 6.45) is 0.614. The second-order valence-electron chi connectivity index (χ2n) is 7.08. The molecule has 0 saturated carbocycles. The maximum absolute atomic E-state index is 12.4. The third-order valence-corrected chi connectivity index (χ3v) is 3.62. The van der Waals surface area contributed by atoms with Crippen LogP contribution in [0.15, 0.2) is 29.1 Å². The van der Waals surface area contributed by atoms with Gasteiger partial charge in [0.2, 0.25) is 0 Å². The molecular formula is C18H24N4O2. The SMILES string of the molecule is Cc1cccc(C[C@H](C)NC(=O)c2cc(C(C)(C)C)[nH]c(=O)n2)n1. The summed E-state index contributed by atoms with van der Waals surface area (Å²) < 4.78 is 0. The van der Waals surface area contributed by atoms with Crippen molar-refractivity contribution in [3.05, 3.63) is 57.5 Å². The first-order valence-electron chi connectivity index (χ1n) is 8.00. The van der Waals surface area contributed by atoms with Crippen LogP contribution >= 0.6 is 0 Å². The normalized spacial score (nSPS) is 12.7. The Morgan fingerprint density at radius 1 is 1.29 bits per heavy atom. The molecule has 128 valence electrons. The fourth-order valence-electron chi connectivity index (χ4n) is 2.35. The van der Waals surface area contributed by atoms with Crippen molar-refractivity contribution >= 4 is 5.91 Å². The quantitative estimate of drug-likeness (QED) is 0.900. The first kappa shape index (κ1) is 17.8. The Bertz CT molecular complexity index is 790. The number of hydrogen-bond acceptors (Lipinski definition) is 4. The van der Waals surface area contributed by atoms with Crippen molar-refractivity contribution in [2.45, 2.75) is 52.5 Å². The van der Waals surface area contributed by atoms with Crippen LogP contribution in [0.3, 0.4) is 0 Å². The van der Waals surface area contributed by atoms with E-state index in [-0.39, 0.29) is 23.1 Å². The number of H-pyrrole nitrogens is 1. The molecule has 0 saturated heterocycles. The third kappa shape index (κ3) is 4.75. The fourth-order valence-corrected chi connectivity index (χ4v) is 2.35. The lowest BCUT2D eigenvalue weighted by molar-refractivity contribution is 0.0934. The van der Waals surface area contributed by atoms with Gasteiger partial charge in [0.25, 0.3) is 5.91 Å². The molecule has 1 amide bonds. The monoisotopic (exact) mass is 328 g/mol. The molecule has 2 N–H and O–H groups in total. The van der Waals surface area contributed by atoms with E-state index in [1.807, 2.05) is 52.8 Å². The second kappa shape index (κ2) is 6.95. The van der Waals surface area contributed by atoms with Crippen molar-refractivity contribution in [1.29, 1.82) is 0 Å². The molecule has 6 nitrogen and oxygen atoms in total. The maximum atomic E-state index is 12.4. The van der Waals surface area contributed by atoms with Crippen molar-refractivity contribution < 1.29 is 4.79 Å². The van der Waals surface area contributed by atoms with Gasteiger partial charge in [0.1, 0.15) is 5.69 Å². The Morgan fingerprint density at radius 2 is 2.00 bits per heavy atom. The van der Waals surface area contributed by atoms with Crippen LogP contribution in [-0.4, -0.2) is 26.9 Å². The van der Waals surface area contributed by atoms with E-state index in [9.17, 15) is 9.59 Å². The minimum absolute atomic E-state index is 0.119. The van der Waals surface area contributed by atoms with Crippen molar-refractivity contribution in [1.82, 2.24) is 20.3 Å². The summed E-state index contributed by atoms with van der Waals surface area (Å²) in [6, 6.07) is 7.32. The van der Waals surface area contributed by atoms with E-state index in [4.69, 9.17) is 0 Å². The molecule has 0 radical (unpaired) electrons. The summed E-state index contributed by atoms with van der Waals surface area (Å²) >= 11 is 0. The predicted molar refractivity (Wildman–Crippen MR) is 93.2 cm³/mol. The van der Waals surface area contributed by atoms with Gasteiger partial charge < -0.3 is 10.3 Å². The number of aromatic nitrogens is 3. The Balaban J connectivity index is 2.12. The predicted octanol–water partition coefficient (Wildman–Crippen LogP) is 2.13. The molecule has 24 heavy (non-hydrogen) atoms. The van der Waals surface area contributed by atoms with Gasteiger partial charge in [-0.15, -0.1) is 0 Å². The molecule has 6 heteroatoms. The number of carbonyl (C=O) groups excluding carboxylic acids is 1. The van der Waals surface area contributed by atoms with E-state index in [2.05, 4.69) is 20.3 Å². The Kier molecular flexibility index (Phi) is 5.17. The molecule has 1 atom stereocenters. The van der Waals surface area contributed by atoms with Crippen molar-refractivity contribution in [3.8, 4) is 0 Å². The highest BCUT2D eigenvalue weighted by atomic mass is 16.2. The van der Waals surface area contributed by atoms with Crippen LogP contribution in [0.25, 0.3) is 0 Å². The molecule has 2 rings (SSSR count). The number of carbonyl (C=O) groups is 1. The van der Waals surface area contributed by atoms with Crippen molar-refractivity contribution in [2.75, 3.05) is 0 Å². The number of amides is 1. The highest BCUT2D eigenvalue weighted by Gasteiger charge is 2.19. The van der Waals surface area contributed by atoms with E-state index in [1.54, 1.807) is 6.07 Å². The molecule has 0 spiro atoms. The number of rotatable bonds is 4. The Labute approximate surface area is 141 Å². The minimum atomic E-state index is -0.513. The number of pyridine rings is 1. The number of hydrogen-bond donors (Lipinski definition) is 2. The van der Waals surface area contributed by atoms with E-state index < -0.39 is 5.69 Å². The zero-order valence-electron chi connectivity index (χ0n) is 14.8. The third-order valence-electron chi connectivity index (χ3n) is 3.62. The molecular weight excluding hydrogens is 304 g/mol. The number of nitrogens with one attached hydrogen (secondary N) is 2. The van der Waals surface area contributed by atoms with E-state index in [1.165, 1.54) is 0 Å². The van der Waals surface area contributed by atoms with Gasteiger partial charge in [-0.25, -0.2) is 4.79 Å². The maximum Gasteiger partial charge on any atom is 0.345 e.